The molecule has 126 valence electrons. The highest BCUT2D eigenvalue weighted by Gasteiger charge is 2.36. The Morgan fingerprint density at radius 1 is 1.35 bits per heavy atom. The van der Waals surface area contributed by atoms with Gasteiger partial charge in [-0.1, -0.05) is 6.07 Å². The van der Waals surface area contributed by atoms with Gasteiger partial charge in [0.05, 0.1) is 19.3 Å². The molecular weight excluding hydrogens is 294 g/mol. The van der Waals surface area contributed by atoms with Gasteiger partial charge < -0.3 is 19.1 Å². The zero-order chi connectivity index (χ0) is 16.1. The number of nitrogens with zero attached hydrogens (tertiary/aromatic N) is 1. The van der Waals surface area contributed by atoms with E-state index in [0.29, 0.717) is 56.7 Å². The zero-order valence-electron chi connectivity index (χ0n) is 13.7. The number of hydrogen-bond donors (Lipinski definition) is 0. The van der Waals surface area contributed by atoms with Crippen LogP contribution in [0.15, 0.2) is 24.3 Å². The van der Waals surface area contributed by atoms with Crippen molar-refractivity contribution >= 4 is 5.91 Å². The summed E-state index contributed by atoms with van der Waals surface area (Å²) < 4.78 is 16.7. The van der Waals surface area contributed by atoms with Gasteiger partial charge in [0.1, 0.15) is 12.4 Å². The third-order valence-electron chi connectivity index (χ3n) is 4.31. The van der Waals surface area contributed by atoms with Gasteiger partial charge in [-0.15, -0.1) is 0 Å². The Morgan fingerprint density at radius 3 is 3.00 bits per heavy atom. The second-order valence-corrected chi connectivity index (χ2v) is 6.07. The van der Waals surface area contributed by atoms with Gasteiger partial charge in [0.15, 0.2) is 0 Å². The lowest BCUT2D eigenvalue weighted by molar-refractivity contribution is -0.0313. The summed E-state index contributed by atoms with van der Waals surface area (Å²) in [7, 11) is 0. The first-order valence-electron chi connectivity index (χ1n) is 8.49. The van der Waals surface area contributed by atoms with Crippen LogP contribution < -0.4 is 4.74 Å². The summed E-state index contributed by atoms with van der Waals surface area (Å²) in [6, 6.07) is 7.40. The minimum absolute atomic E-state index is 0.0641. The first kappa shape index (κ1) is 16.3. The Balaban J connectivity index is 1.57. The molecule has 0 unspecified atom stereocenters. The number of amides is 1. The van der Waals surface area contributed by atoms with Gasteiger partial charge in [-0.3, -0.25) is 4.79 Å². The summed E-state index contributed by atoms with van der Waals surface area (Å²) in [6.45, 7) is 5.69. The van der Waals surface area contributed by atoms with Crippen molar-refractivity contribution in [3.63, 3.8) is 0 Å². The van der Waals surface area contributed by atoms with E-state index in [9.17, 15) is 4.79 Å². The Labute approximate surface area is 137 Å². The van der Waals surface area contributed by atoms with E-state index in [4.69, 9.17) is 14.2 Å². The number of benzene rings is 1. The Morgan fingerprint density at radius 2 is 2.22 bits per heavy atom. The van der Waals surface area contributed by atoms with Crippen LogP contribution >= 0.6 is 0 Å². The fourth-order valence-electron chi connectivity index (χ4n) is 2.88. The molecular formula is C18H25NO4. The summed E-state index contributed by atoms with van der Waals surface area (Å²) in [6.07, 6.45) is 2.68. The lowest BCUT2D eigenvalue weighted by Gasteiger charge is -2.33. The van der Waals surface area contributed by atoms with Crippen LogP contribution in [0.25, 0.3) is 0 Å². The van der Waals surface area contributed by atoms with Crippen molar-refractivity contribution in [2.75, 3.05) is 39.5 Å². The van der Waals surface area contributed by atoms with Gasteiger partial charge in [0.25, 0.3) is 5.91 Å². The molecule has 0 aromatic heterocycles. The smallest absolute Gasteiger partial charge is 0.254 e. The first-order valence-corrected chi connectivity index (χ1v) is 8.49. The van der Waals surface area contributed by atoms with E-state index in [2.05, 4.69) is 0 Å². The second-order valence-electron chi connectivity index (χ2n) is 6.07. The van der Waals surface area contributed by atoms with Gasteiger partial charge in [-0.2, -0.15) is 0 Å². The largest absolute Gasteiger partial charge is 0.491 e. The standard InChI is InChI=1S/C18H25NO4/c1-2-21-10-11-22-16-5-3-4-15(12-16)18(20)19-8-9-23-17(13-19)14-6-7-14/h3-5,12,14,17H,2,6-11,13H2,1H3/t17-/m1/s1. The molecule has 0 spiro atoms. The molecule has 1 aliphatic carbocycles. The maximum atomic E-state index is 12.7. The van der Waals surface area contributed by atoms with Gasteiger partial charge in [-0.25, -0.2) is 0 Å². The summed E-state index contributed by atoms with van der Waals surface area (Å²) in [5, 5.41) is 0. The number of morpholine rings is 1. The Bertz CT molecular complexity index is 530. The molecule has 0 N–H and O–H groups in total. The third-order valence-corrected chi connectivity index (χ3v) is 4.31. The highest BCUT2D eigenvalue weighted by molar-refractivity contribution is 5.94. The molecule has 2 fully saturated rings. The minimum Gasteiger partial charge on any atom is -0.491 e. The molecule has 0 bridgehead atoms. The van der Waals surface area contributed by atoms with Crippen molar-refractivity contribution in [2.45, 2.75) is 25.9 Å². The predicted octanol–water partition coefficient (Wildman–Crippen LogP) is 2.35. The fraction of sp³-hybridized carbons (Fsp3) is 0.611. The first-order chi connectivity index (χ1) is 11.3. The molecule has 5 heteroatoms. The Hall–Kier alpha value is -1.59. The fourth-order valence-corrected chi connectivity index (χ4v) is 2.88. The van der Waals surface area contributed by atoms with Gasteiger partial charge >= 0.3 is 0 Å². The molecule has 0 radical (unpaired) electrons. The molecule has 3 rings (SSSR count). The van der Waals surface area contributed by atoms with E-state index >= 15 is 0 Å². The van der Waals surface area contributed by atoms with Crippen LogP contribution in [0.3, 0.4) is 0 Å². The maximum absolute atomic E-state index is 12.7. The molecule has 1 saturated carbocycles. The molecule has 1 saturated heterocycles. The van der Waals surface area contributed by atoms with Crippen molar-refractivity contribution < 1.29 is 19.0 Å². The molecule has 1 aromatic carbocycles. The number of carbonyl (C=O) groups is 1. The molecule has 5 nitrogen and oxygen atoms in total. The number of hydrogen-bond acceptors (Lipinski definition) is 4. The van der Waals surface area contributed by atoms with Crippen molar-refractivity contribution in [3.8, 4) is 5.75 Å². The molecule has 1 atom stereocenters. The van der Waals surface area contributed by atoms with E-state index in [1.807, 2.05) is 36.1 Å². The minimum atomic E-state index is 0.0641. The highest BCUT2D eigenvalue weighted by Crippen LogP contribution is 2.35. The molecule has 1 heterocycles. The summed E-state index contributed by atoms with van der Waals surface area (Å²) in [4.78, 5) is 14.6. The van der Waals surface area contributed by atoms with Crippen LogP contribution in [0.1, 0.15) is 30.1 Å². The molecule has 23 heavy (non-hydrogen) atoms. The summed E-state index contributed by atoms with van der Waals surface area (Å²) in [5.74, 6) is 1.43. The van der Waals surface area contributed by atoms with Crippen LogP contribution in [0.2, 0.25) is 0 Å². The van der Waals surface area contributed by atoms with Crippen LogP contribution in [0.5, 0.6) is 5.75 Å². The number of ether oxygens (including phenoxy) is 3. The average molecular weight is 319 g/mol. The van der Waals surface area contributed by atoms with Crippen LogP contribution in [0, 0.1) is 5.92 Å². The molecule has 1 amide bonds. The maximum Gasteiger partial charge on any atom is 0.254 e. The van der Waals surface area contributed by atoms with Gasteiger partial charge in [0.2, 0.25) is 0 Å². The molecule has 1 aliphatic heterocycles. The van der Waals surface area contributed by atoms with Crippen LogP contribution in [-0.4, -0.2) is 56.4 Å². The highest BCUT2D eigenvalue weighted by atomic mass is 16.5. The second kappa shape index (κ2) is 7.79. The van der Waals surface area contributed by atoms with Crippen molar-refractivity contribution in [1.29, 1.82) is 0 Å². The van der Waals surface area contributed by atoms with Crippen LogP contribution in [-0.2, 0) is 9.47 Å². The van der Waals surface area contributed by atoms with Gasteiger partial charge in [0, 0.05) is 25.3 Å². The van der Waals surface area contributed by atoms with E-state index in [1.165, 1.54) is 12.8 Å². The molecule has 1 aromatic rings. The van der Waals surface area contributed by atoms with E-state index in [0.717, 1.165) is 0 Å². The van der Waals surface area contributed by atoms with E-state index in [-0.39, 0.29) is 12.0 Å². The number of rotatable bonds is 7. The average Bonchev–Trinajstić information content (AvgIpc) is 3.44. The van der Waals surface area contributed by atoms with Crippen molar-refractivity contribution in [1.82, 2.24) is 4.90 Å². The summed E-state index contributed by atoms with van der Waals surface area (Å²) >= 11 is 0. The monoisotopic (exact) mass is 319 g/mol. The predicted molar refractivity (Wildman–Crippen MR) is 86.8 cm³/mol. The quantitative estimate of drug-likeness (QED) is 0.724. The zero-order valence-corrected chi connectivity index (χ0v) is 13.7. The van der Waals surface area contributed by atoms with Crippen molar-refractivity contribution in [3.05, 3.63) is 29.8 Å². The lowest BCUT2D eigenvalue weighted by Crippen LogP contribution is -2.46. The topological polar surface area (TPSA) is 48.0 Å². The number of carbonyl (C=O) groups excluding carboxylic acids is 1. The van der Waals surface area contributed by atoms with E-state index < -0.39 is 0 Å². The third kappa shape index (κ3) is 4.45. The summed E-state index contributed by atoms with van der Waals surface area (Å²) in [5.41, 5.74) is 0.676. The Kier molecular flexibility index (Phi) is 5.51. The SMILES string of the molecule is CCOCCOc1cccc(C(=O)N2CCO[C@@H](C3CC3)C2)c1. The molecule has 2 aliphatic rings. The van der Waals surface area contributed by atoms with E-state index in [1.54, 1.807) is 0 Å². The normalized spacial score (nSPS) is 21.3. The van der Waals surface area contributed by atoms with Crippen molar-refractivity contribution in [2.24, 2.45) is 5.92 Å². The van der Waals surface area contributed by atoms with Gasteiger partial charge in [-0.05, 0) is 43.9 Å². The lowest BCUT2D eigenvalue weighted by atomic mass is 10.1. The van der Waals surface area contributed by atoms with Crippen LogP contribution in [0.4, 0.5) is 0 Å².